The summed E-state index contributed by atoms with van der Waals surface area (Å²) >= 11 is 0. The van der Waals surface area contributed by atoms with Crippen molar-refractivity contribution in [3.63, 3.8) is 0 Å². The molecule has 0 amide bonds. The smallest absolute Gasteiger partial charge is 0.0160 e. The monoisotopic (exact) mass is 187 g/mol. The molecule has 0 fully saturated rings. The Bertz CT molecular complexity index is 228. The summed E-state index contributed by atoms with van der Waals surface area (Å²) in [6, 6.07) is 0. The SMILES string of the molecule is [C]1=CCC=CC=CCCC=CCCC1. The fourth-order valence-corrected chi connectivity index (χ4v) is 1.34. The molecule has 0 spiro atoms. The number of hydrogen-bond acceptors (Lipinski definition) is 0. The number of hydrogen-bond donors (Lipinski definition) is 0. The molecule has 0 atom stereocenters. The number of allylic oxidation sites excluding steroid dienone is 8. The lowest BCUT2D eigenvalue weighted by atomic mass is 10.2. The Labute approximate surface area is 87.7 Å². The van der Waals surface area contributed by atoms with Gasteiger partial charge in [0.1, 0.15) is 0 Å². The Balaban J connectivity index is 2.35. The molecule has 0 heterocycles. The second-order valence-electron chi connectivity index (χ2n) is 3.44. The molecule has 0 nitrogen and oxygen atoms in total. The van der Waals surface area contributed by atoms with Gasteiger partial charge in [0, 0.05) is 0 Å². The lowest BCUT2D eigenvalue weighted by Crippen LogP contribution is -1.72. The van der Waals surface area contributed by atoms with Gasteiger partial charge in [0.25, 0.3) is 0 Å². The third-order valence-electron chi connectivity index (χ3n) is 2.14. The van der Waals surface area contributed by atoms with Crippen LogP contribution in [0.3, 0.4) is 0 Å². The van der Waals surface area contributed by atoms with Crippen LogP contribution in [0.15, 0.2) is 42.5 Å². The van der Waals surface area contributed by atoms with E-state index in [4.69, 9.17) is 0 Å². The van der Waals surface area contributed by atoms with Crippen molar-refractivity contribution in [2.45, 2.75) is 38.5 Å². The Morgan fingerprint density at radius 2 is 1.57 bits per heavy atom. The summed E-state index contributed by atoms with van der Waals surface area (Å²) in [6.07, 6.45) is 25.5. The molecule has 0 saturated heterocycles. The molecule has 0 aromatic carbocycles. The maximum absolute atomic E-state index is 3.30. The molecule has 1 rings (SSSR count). The highest BCUT2D eigenvalue weighted by atomic mass is 13.9. The molecule has 0 aliphatic heterocycles. The largest absolute Gasteiger partial charge is 0.0885 e. The second-order valence-corrected chi connectivity index (χ2v) is 3.44. The van der Waals surface area contributed by atoms with Gasteiger partial charge in [0.05, 0.1) is 0 Å². The highest BCUT2D eigenvalue weighted by Crippen LogP contribution is 2.01. The molecule has 0 unspecified atom stereocenters. The van der Waals surface area contributed by atoms with Gasteiger partial charge in [-0.05, 0) is 44.6 Å². The van der Waals surface area contributed by atoms with E-state index in [-0.39, 0.29) is 0 Å². The van der Waals surface area contributed by atoms with Crippen molar-refractivity contribution in [3.8, 4) is 0 Å². The maximum Gasteiger partial charge on any atom is -0.0160 e. The van der Waals surface area contributed by atoms with E-state index < -0.39 is 0 Å². The van der Waals surface area contributed by atoms with E-state index in [9.17, 15) is 0 Å². The molecule has 1 aliphatic carbocycles. The van der Waals surface area contributed by atoms with E-state index in [1.54, 1.807) is 0 Å². The van der Waals surface area contributed by atoms with Gasteiger partial charge in [0.2, 0.25) is 0 Å². The molecule has 14 heavy (non-hydrogen) atoms. The van der Waals surface area contributed by atoms with Crippen LogP contribution >= 0.6 is 0 Å². The average molecular weight is 187 g/mol. The van der Waals surface area contributed by atoms with Crippen LogP contribution < -0.4 is 0 Å². The van der Waals surface area contributed by atoms with Gasteiger partial charge in [0.15, 0.2) is 0 Å². The maximum atomic E-state index is 3.30. The van der Waals surface area contributed by atoms with E-state index in [0.29, 0.717) is 0 Å². The first-order valence-electron chi connectivity index (χ1n) is 5.52. The van der Waals surface area contributed by atoms with Crippen molar-refractivity contribution in [2.24, 2.45) is 0 Å². The Morgan fingerprint density at radius 3 is 2.57 bits per heavy atom. The van der Waals surface area contributed by atoms with Crippen molar-refractivity contribution in [2.75, 3.05) is 0 Å². The summed E-state index contributed by atoms with van der Waals surface area (Å²) in [4.78, 5) is 0. The topological polar surface area (TPSA) is 0 Å². The van der Waals surface area contributed by atoms with Gasteiger partial charge in [-0.25, -0.2) is 0 Å². The summed E-state index contributed by atoms with van der Waals surface area (Å²) in [5.74, 6) is 0. The standard InChI is InChI=1S/C14H19/c1-2-4-6-8-10-12-14-13-11-9-7-5-3-1/h1-4,7,10,12H,5-6,8,11,13-14H2. The summed E-state index contributed by atoms with van der Waals surface area (Å²) in [5.41, 5.74) is 0. The molecular weight excluding hydrogens is 168 g/mol. The minimum absolute atomic E-state index is 1.01. The predicted octanol–water partition coefficient (Wildman–Crippen LogP) is 4.37. The van der Waals surface area contributed by atoms with Crippen molar-refractivity contribution < 1.29 is 0 Å². The molecule has 0 saturated carbocycles. The van der Waals surface area contributed by atoms with Crippen LogP contribution in [0.5, 0.6) is 0 Å². The van der Waals surface area contributed by atoms with Gasteiger partial charge < -0.3 is 0 Å². The zero-order valence-electron chi connectivity index (χ0n) is 8.78. The summed E-state index contributed by atoms with van der Waals surface area (Å²) in [7, 11) is 0. The normalized spacial score (nSPS) is 19.4. The van der Waals surface area contributed by atoms with Crippen LogP contribution in [0, 0.1) is 6.08 Å². The molecular formula is C14H19. The summed E-state index contributed by atoms with van der Waals surface area (Å²) in [6.45, 7) is 0. The zero-order valence-corrected chi connectivity index (χ0v) is 8.78. The van der Waals surface area contributed by atoms with Crippen LogP contribution in [0.25, 0.3) is 0 Å². The predicted molar refractivity (Wildman–Crippen MR) is 62.9 cm³/mol. The van der Waals surface area contributed by atoms with Crippen molar-refractivity contribution in [1.82, 2.24) is 0 Å². The first-order chi connectivity index (χ1) is 7.00. The first-order valence-corrected chi connectivity index (χ1v) is 5.52. The molecule has 1 aliphatic rings. The van der Waals surface area contributed by atoms with Crippen LogP contribution in [0.4, 0.5) is 0 Å². The van der Waals surface area contributed by atoms with Gasteiger partial charge in [-0.1, -0.05) is 42.5 Å². The van der Waals surface area contributed by atoms with Gasteiger partial charge in [-0.3, -0.25) is 0 Å². The van der Waals surface area contributed by atoms with E-state index in [1.807, 2.05) is 0 Å². The van der Waals surface area contributed by atoms with Gasteiger partial charge >= 0.3 is 0 Å². The van der Waals surface area contributed by atoms with Crippen LogP contribution in [0.1, 0.15) is 38.5 Å². The van der Waals surface area contributed by atoms with Gasteiger partial charge in [-0.2, -0.15) is 0 Å². The number of rotatable bonds is 0. The quantitative estimate of drug-likeness (QED) is 0.494. The zero-order chi connectivity index (χ0) is 9.90. The molecule has 0 aromatic heterocycles. The summed E-state index contributed by atoms with van der Waals surface area (Å²) < 4.78 is 0. The molecule has 0 bridgehead atoms. The lowest BCUT2D eigenvalue weighted by molar-refractivity contribution is 0.847. The van der Waals surface area contributed by atoms with Crippen molar-refractivity contribution in [1.29, 1.82) is 0 Å². The molecule has 75 valence electrons. The minimum Gasteiger partial charge on any atom is -0.0885 e. The minimum atomic E-state index is 1.01. The fraction of sp³-hybridized carbons (Fsp3) is 0.429. The van der Waals surface area contributed by atoms with Crippen LogP contribution in [-0.2, 0) is 0 Å². The highest BCUT2D eigenvalue weighted by Gasteiger charge is 1.82. The second kappa shape index (κ2) is 8.55. The highest BCUT2D eigenvalue weighted by molar-refractivity contribution is 5.04. The van der Waals surface area contributed by atoms with Crippen LogP contribution in [-0.4, -0.2) is 0 Å². The average Bonchev–Trinajstić information content (AvgIpc) is 2.22. The van der Waals surface area contributed by atoms with E-state index in [1.165, 1.54) is 19.3 Å². The third kappa shape index (κ3) is 6.47. The van der Waals surface area contributed by atoms with Crippen molar-refractivity contribution >= 4 is 0 Å². The third-order valence-corrected chi connectivity index (χ3v) is 2.14. The lowest BCUT2D eigenvalue weighted by Gasteiger charge is -1.91. The van der Waals surface area contributed by atoms with E-state index in [2.05, 4.69) is 48.6 Å². The molecule has 0 heteroatoms. The molecule has 0 aromatic rings. The Kier molecular flexibility index (Phi) is 6.74. The van der Waals surface area contributed by atoms with E-state index in [0.717, 1.165) is 19.3 Å². The van der Waals surface area contributed by atoms with E-state index >= 15 is 0 Å². The van der Waals surface area contributed by atoms with Crippen molar-refractivity contribution in [3.05, 3.63) is 48.6 Å². The Morgan fingerprint density at radius 1 is 0.786 bits per heavy atom. The Hall–Kier alpha value is -1.04. The van der Waals surface area contributed by atoms with Crippen LogP contribution in [0.2, 0.25) is 0 Å². The fourth-order valence-electron chi connectivity index (χ4n) is 1.34. The summed E-state index contributed by atoms with van der Waals surface area (Å²) in [5, 5.41) is 0. The first kappa shape index (κ1) is 11.0. The van der Waals surface area contributed by atoms with Gasteiger partial charge in [-0.15, -0.1) is 0 Å². The molecule has 1 radical (unpaired) electrons. The molecule has 0 N–H and O–H groups in total.